The summed E-state index contributed by atoms with van der Waals surface area (Å²) in [6.45, 7) is 6.57. The molecule has 2 unspecified atom stereocenters. The van der Waals surface area contributed by atoms with Gasteiger partial charge in [0.05, 0.1) is 0 Å². The summed E-state index contributed by atoms with van der Waals surface area (Å²) in [7, 11) is 0. The van der Waals surface area contributed by atoms with Crippen LogP contribution in [0.15, 0.2) is 127 Å². The molecular weight excluding hydrogens is 472 g/mol. The highest BCUT2D eigenvalue weighted by atomic mass is 15.1. The molecule has 6 rings (SSSR count). The molecule has 1 fully saturated rings. The molecule has 0 radical (unpaired) electrons. The zero-order valence-electron chi connectivity index (χ0n) is 22.8. The van der Waals surface area contributed by atoms with Crippen LogP contribution >= 0.6 is 0 Å². The minimum absolute atomic E-state index is 0.299. The number of likely N-dealkylation sites (tertiary alicyclic amines) is 1. The Morgan fingerprint density at radius 3 is 2.18 bits per heavy atom. The van der Waals surface area contributed by atoms with Crippen LogP contribution in [-0.4, -0.2) is 24.5 Å². The quantitative estimate of drug-likeness (QED) is 0.225. The van der Waals surface area contributed by atoms with Crippen LogP contribution in [0.3, 0.4) is 0 Å². The van der Waals surface area contributed by atoms with Gasteiger partial charge in [-0.1, -0.05) is 127 Å². The molecular formula is C37H38N2. The minimum Gasteiger partial charge on any atom is -0.310 e. The van der Waals surface area contributed by atoms with Crippen LogP contribution in [0.25, 0.3) is 21.9 Å². The summed E-state index contributed by atoms with van der Waals surface area (Å²) in [6, 6.07) is 46.7. The lowest BCUT2D eigenvalue weighted by Gasteiger charge is -2.39. The zero-order chi connectivity index (χ0) is 26.4. The van der Waals surface area contributed by atoms with Gasteiger partial charge in [0.1, 0.15) is 0 Å². The minimum atomic E-state index is 0.299. The van der Waals surface area contributed by atoms with Gasteiger partial charge in [0.15, 0.2) is 0 Å². The van der Waals surface area contributed by atoms with Gasteiger partial charge in [-0.3, -0.25) is 4.90 Å². The van der Waals surface area contributed by atoms with Gasteiger partial charge < -0.3 is 5.32 Å². The van der Waals surface area contributed by atoms with Crippen molar-refractivity contribution in [3.8, 4) is 11.1 Å². The molecule has 2 nitrogen and oxygen atoms in total. The van der Waals surface area contributed by atoms with Gasteiger partial charge in [-0.05, 0) is 70.3 Å². The Labute approximate surface area is 233 Å². The van der Waals surface area contributed by atoms with Crippen LogP contribution in [0.1, 0.15) is 42.0 Å². The summed E-state index contributed by atoms with van der Waals surface area (Å²) in [5, 5.41) is 6.61. The Bertz CT molecular complexity index is 1470. The summed E-state index contributed by atoms with van der Waals surface area (Å²) in [4.78, 5) is 2.66. The van der Waals surface area contributed by atoms with E-state index in [1.807, 2.05) is 0 Å². The van der Waals surface area contributed by atoms with E-state index < -0.39 is 0 Å². The summed E-state index contributed by atoms with van der Waals surface area (Å²) < 4.78 is 0. The van der Waals surface area contributed by atoms with Gasteiger partial charge >= 0.3 is 0 Å². The van der Waals surface area contributed by atoms with Crippen molar-refractivity contribution in [3.63, 3.8) is 0 Å². The number of nitrogens with one attached hydrogen (secondary N) is 1. The fourth-order valence-electron chi connectivity index (χ4n) is 6.35. The van der Waals surface area contributed by atoms with Crippen LogP contribution in [0.4, 0.5) is 0 Å². The average Bonchev–Trinajstić information content (AvgIpc) is 3.01. The molecule has 1 aliphatic rings. The van der Waals surface area contributed by atoms with E-state index >= 15 is 0 Å². The van der Waals surface area contributed by atoms with Crippen molar-refractivity contribution in [2.24, 2.45) is 5.92 Å². The van der Waals surface area contributed by atoms with Crippen molar-refractivity contribution in [1.82, 2.24) is 10.2 Å². The Morgan fingerprint density at radius 2 is 1.38 bits per heavy atom. The first-order valence-corrected chi connectivity index (χ1v) is 14.4. The van der Waals surface area contributed by atoms with Crippen molar-refractivity contribution in [2.75, 3.05) is 19.6 Å². The highest BCUT2D eigenvalue weighted by Crippen LogP contribution is 2.34. The normalized spacial score (nSPS) is 18.7. The van der Waals surface area contributed by atoms with Gasteiger partial charge in [-0.2, -0.15) is 0 Å². The van der Waals surface area contributed by atoms with Gasteiger partial charge in [-0.25, -0.2) is 0 Å². The Kier molecular flexibility index (Phi) is 7.85. The van der Waals surface area contributed by atoms with Gasteiger partial charge in [0, 0.05) is 25.7 Å². The second kappa shape index (κ2) is 12.0. The molecule has 5 aromatic rings. The first kappa shape index (κ1) is 25.6. The number of hydrogen-bond donors (Lipinski definition) is 1. The van der Waals surface area contributed by atoms with Crippen molar-refractivity contribution >= 4 is 10.8 Å². The van der Waals surface area contributed by atoms with E-state index in [1.54, 1.807) is 0 Å². The summed E-state index contributed by atoms with van der Waals surface area (Å²) in [5.41, 5.74) is 6.82. The molecule has 0 aromatic heterocycles. The van der Waals surface area contributed by atoms with Crippen LogP contribution in [0.2, 0.25) is 0 Å². The third kappa shape index (κ3) is 5.98. The number of piperidine rings is 1. The lowest BCUT2D eigenvalue weighted by molar-refractivity contribution is 0.143. The van der Waals surface area contributed by atoms with E-state index in [1.165, 1.54) is 45.0 Å². The summed E-state index contributed by atoms with van der Waals surface area (Å²) >= 11 is 0. The van der Waals surface area contributed by atoms with E-state index in [-0.39, 0.29) is 0 Å². The SMILES string of the molecule is C[C@@H](NCC1CN(Cc2ccc(-c3ccccc3)cc2)CCC1c1ccccc1)c1cccc2ccccc12. The second-order valence-corrected chi connectivity index (χ2v) is 11.1. The van der Waals surface area contributed by atoms with Crippen molar-refractivity contribution in [3.05, 3.63) is 144 Å². The predicted octanol–water partition coefficient (Wildman–Crippen LogP) is 8.46. The molecule has 196 valence electrons. The maximum Gasteiger partial charge on any atom is 0.0298 e. The van der Waals surface area contributed by atoms with E-state index in [0.717, 1.165) is 26.2 Å². The van der Waals surface area contributed by atoms with Crippen LogP contribution in [0.5, 0.6) is 0 Å². The number of nitrogens with zero attached hydrogens (tertiary/aromatic N) is 1. The third-order valence-electron chi connectivity index (χ3n) is 8.49. The summed E-state index contributed by atoms with van der Waals surface area (Å²) in [5.74, 6) is 1.14. The molecule has 1 aliphatic heterocycles. The zero-order valence-corrected chi connectivity index (χ0v) is 22.8. The second-order valence-electron chi connectivity index (χ2n) is 11.1. The Morgan fingerprint density at radius 1 is 0.718 bits per heavy atom. The number of fused-ring (bicyclic) bond motifs is 1. The smallest absolute Gasteiger partial charge is 0.0298 e. The number of rotatable bonds is 8. The topological polar surface area (TPSA) is 15.3 Å². The molecule has 39 heavy (non-hydrogen) atoms. The van der Waals surface area contributed by atoms with Crippen LogP contribution in [-0.2, 0) is 6.54 Å². The van der Waals surface area contributed by atoms with Crippen molar-refractivity contribution < 1.29 is 0 Å². The molecule has 2 heteroatoms. The molecule has 1 saturated heterocycles. The summed E-state index contributed by atoms with van der Waals surface area (Å²) in [6.07, 6.45) is 1.20. The Balaban J connectivity index is 1.16. The maximum atomic E-state index is 3.94. The predicted molar refractivity (Wildman–Crippen MR) is 165 cm³/mol. The molecule has 0 saturated carbocycles. The number of hydrogen-bond acceptors (Lipinski definition) is 2. The highest BCUT2D eigenvalue weighted by Gasteiger charge is 2.30. The average molecular weight is 511 g/mol. The monoisotopic (exact) mass is 510 g/mol. The van der Waals surface area contributed by atoms with Gasteiger partial charge in [0.25, 0.3) is 0 Å². The fourth-order valence-corrected chi connectivity index (χ4v) is 6.35. The molecule has 0 spiro atoms. The third-order valence-corrected chi connectivity index (χ3v) is 8.49. The first-order valence-electron chi connectivity index (χ1n) is 14.4. The van der Waals surface area contributed by atoms with Gasteiger partial charge in [-0.15, -0.1) is 0 Å². The molecule has 5 aromatic carbocycles. The van der Waals surface area contributed by atoms with E-state index in [9.17, 15) is 0 Å². The van der Waals surface area contributed by atoms with Crippen LogP contribution in [0, 0.1) is 5.92 Å². The molecule has 3 atom stereocenters. The first-order chi connectivity index (χ1) is 19.2. The van der Waals surface area contributed by atoms with E-state index in [4.69, 9.17) is 0 Å². The number of benzene rings is 5. The highest BCUT2D eigenvalue weighted by molar-refractivity contribution is 5.86. The van der Waals surface area contributed by atoms with Crippen molar-refractivity contribution in [2.45, 2.75) is 31.8 Å². The van der Waals surface area contributed by atoms with E-state index in [0.29, 0.717) is 17.9 Å². The maximum absolute atomic E-state index is 3.94. The standard InChI is InChI=1S/C37H38N2/c1-28(35-18-10-16-33-15-8-9-17-37(33)35)38-25-34-27-39(24-23-36(34)32-13-6-3-7-14-32)26-29-19-21-31(22-20-29)30-11-4-2-5-12-30/h2-22,28,34,36,38H,23-27H2,1H3/t28-,34?,36?/m1/s1. The van der Waals surface area contributed by atoms with Crippen LogP contribution < -0.4 is 5.32 Å². The lowest BCUT2D eigenvalue weighted by Crippen LogP contribution is -2.43. The Hall–Kier alpha value is -3.72. The van der Waals surface area contributed by atoms with Gasteiger partial charge in [0.2, 0.25) is 0 Å². The van der Waals surface area contributed by atoms with E-state index in [2.05, 4.69) is 145 Å². The molecule has 1 N–H and O–H groups in total. The fraction of sp³-hybridized carbons (Fsp3) is 0.243. The van der Waals surface area contributed by atoms with Crippen molar-refractivity contribution in [1.29, 1.82) is 0 Å². The lowest BCUT2D eigenvalue weighted by atomic mass is 9.80. The molecule has 0 aliphatic carbocycles. The largest absolute Gasteiger partial charge is 0.310 e. The molecule has 0 amide bonds. The molecule has 1 heterocycles. The molecule has 0 bridgehead atoms.